The van der Waals surface area contributed by atoms with Crippen molar-refractivity contribution in [1.82, 2.24) is 0 Å². The van der Waals surface area contributed by atoms with E-state index in [1.807, 2.05) is 49.4 Å². The van der Waals surface area contributed by atoms with Crippen LogP contribution < -0.4 is 10.1 Å². The summed E-state index contributed by atoms with van der Waals surface area (Å²) in [7, 11) is 0. The Kier molecular flexibility index (Phi) is 5.83. The summed E-state index contributed by atoms with van der Waals surface area (Å²) in [5.41, 5.74) is 4.00. The van der Waals surface area contributed by atoms with Crippen molar-refractivity contribution in [3.05, 3.63) is 64.7 Å². The van der Waals surface area contributed by atoms with Crippen LogP contribution in [0.15, 0.2) is 48.0 Å². The van der Waals surface area contributed by atoms with Crippen LogP contribution >= 0.6 is 0 Å². The van der Waals surface area contributed by atoms with Crippen molar-refractivity contribution in [3.8, 4) is 5.75 Å². The quantitative estimate of drug-likeness (QED) is 0.779. The highest BCUT2D eigenvalue weighted by Crippen LogP contribution is 2.28. The second-order valence-electron chi connectivity index (χ2n) is 7.23. The number of fused-ring (bicyclic) bond motifs is 1. The maximum atomic E-state index is 12.6. The molecule has 1 aliphatic heterocycles. The third kappa shape index (κ3) is 4.25. The van der Waals surface area contributed by atoms with Gasteiger partial charge < -0.3 is 14.8 Å². The molecule has 0 saturated carbocycles. The van der Waals surface area contributed by atoms with Crippen LogP contribution in [0.5, 0.6) is 5.75 Å². The van der Waals surface area contributed by atoms with E-state index >= 15 is 0 Å². The lowest BCUT2D eigenvalue weighted by atomic mass is 9.98. The van der Waals surface area contributed by atoms with E-state index in [1.165, 1.54) is 0 Å². The molecule has 0 saturated heterocycles. The van der Waals surface area contributed by atoms with Gasteiger partial charge in [0.15, 0.2) is 6.10 Å². The van der Waals surface area contributed by atoms with Gasteiger partial charge in [-0.1, -0.05) is 50.2 Å². The Hall–Kier alpha value is -3.08. The summed E-state index contributed by atoms with van der Waals surface area (Å²) < 4.78 is 11.0. The first-order valence-corrected chi connectivity index (χ1v) is 9.40. The number of anilines is 1. The van der Waals surface area contributed by atoms with Crippen molar-refractivity contribution >= 4 is 23.6 Å². The fourth-order valence-corrected chi connectivity index (χ4v) is 3.09. The summed E-state index contributed by atoms with van der Waals surface area (Å²) in [6.45, 7) is 7.78. The second kappa shape index (κ2) is 8.30. The molecule has 5 heteroatoms. The predicted molar refractivity (Wildman–Crippen MR) is 109 cm³/mol. The molecule has 1 aliphatic rings. The highest BCUT2D eigenvalue weighted by Gasteiger charge is 2.24. The zero-order valence-electron chi connectivity index (χ0n) is 16.6. The van der Waals surface area contributed by atoms with Crippen LogP contribution in [0.25, 0.3) is 6.08 Å². The third-order valence-electron chi connectivity index (χ3n) is 4.72. The summed E-state index contributed by atoms with van der Waals surface area (Å²) in [6.07, 6.45) is 0.814. The number of rotatable bonds is 5. The number of para-hydroxylation sites is 2. The number of esters is 1. The van der Waals surface area contributed by atoms with Crippen LogP contribution in [-0.4, -0.2) is 24.6 Å². The molecule has 0 fully saturated rings. The van der Waals surface area contributed by atoms with Gasteiger partial charge in [-0.3, -0.25) is 4.79 Å². The smallest absolute Gasteiger partial charge is 0.338 e. The molecule has 0 bridgehead atoms. The van der Waals surface area contributed by atoms with Crippen LogP contribution in [0.3, 0.4) is 0 Å². The van der Waals surface area contributed by atoms with Crippen molar-refractivity contribution in [2.75, 3.05) is 11.9 Å². The van der Waals surface area contributed by atoms with E-state index in [9.17, 15) is 9.59 Å². The molecule has 2 aromatic carbocycles. The number of benzene rings is 2. The monoisotopic (exact) mass is 379 g/mol. The normalized spacial score (nSPS) is 13.8. The molecule has 146 valence electrons. The van der Waals surface area contributed by atoms with Gasteiger partial charge >= 0.3 is 5.97 Å². The fraction of sp³-hybridized carbons (Fsp3) is 0.304. The number of amides is 1. The van der Waals surface area contributed by atoms with E-state index in [1.54, 1.807) is 13.0 Å². The Morgan fingerprint density at radius 1 is 1.07 bits per heavy atom. The Balaban J connectivity index is 1.69. The first kappa shape index (κ1) is 19.7. The largest absolute Gasteiger partial charge is 0.488 e. The molecule has 0 unspecified atom stereocenters. The lowest BCUT2D eigenvalue weighted by Gasteiger charge is -2.20. The van der Waals surface area contributed by atoms with Gasteiger partial charge in [0, 0.05) is 11.3 Å². The number of carbonyl (C=O) groups is 2. The number of aryl methyl sites for hydroxylation is 1. The minimum absolute atomic E-state index is 0.124. The summed E-state index contributed by atoms with van der Waals surface area (Å²) in [4.78, 5) is 25.1. The first-order valence-electron chi connectivity index (χ1n) is 9.40. The predicted octanol–water partition coefficient (Wildman–Crippen LogP) is 4.46. The van der Waals surface area contributed by atoms with Gasteiger partial charge in [-0.25, -0.2) is 4.79 Å². The summed E-state index contributed by atoms with van der Waals surface area (Å²) in [5, 5.41) is 2.92. The Bertz CT molecular complexity index is 930. The van der Waals surface area contributed by atoms with Gasteiger partial charge in [-0.2, -0.15) is 0 Å². The zero-order chi connectivity index (χ0) is 20.3. The molecule has 3 rings (SSSR count). The summed E-state index contributed by atoms with van der Waals surface area (Å²) >= 11 is 0. The molecule has 0 spiro atoms. The maximum Gasteiger partial charge on any atom is 0.338 e. The molecule has 1 atom stereocenters. The Labute approximate surface area is 165 Å². The van der Waals surface area contributed by atoms with Crippen molar-refractivity contribution < 1.29 is 19.1 Å². The summed E-state index contributed by atoms with van der Waals surface area (Å²) in [6, 6.07) is 13.4. The van der Waals surface area contributed by atoms with Crippen molar-refractivity contribution in [1.29, 1.82) is 0 Å². The lowest BCUT2D eigenvalue weighted by molar-refractivity contribution is -0.149. The zero-order valence-corrected chi connectivity index (χ0v) is 16.6. The molecular formula is C23H25NO4. The highest BCUT2D eigenvalue weighted by atomic mass is 16.6. The van der Waals surface area contributed by atoms with Crippen molar-refractivity contribution in [3.63, 3.8) is 0 Å². The van der Waals surface area contributed by atoms with Gasteiger partial charge in [0.1, 0.15) is 12.4 Å². The van der Waals surface area contributed by atoms with Crippen LogP contribution in [0.4, 0.5) is 5.69 Å². The van der Waals surface area contributed by atoms with Crippen LogP contribution in [0.1, 0.15) is 43.4 Å². The standard InChI is InChI=1S/C23H25NO4/c1-14(2)19-10-7-8-15(3)21(19)24-22(25)16(4)28-23(26)18-12-17-9-5-6-11-20(17)27-13-18/h5-12,14,16H,13H2,1-4H3,(H,24,25)/t16-/m0/s1. The molecule has 2 aromatic rings. The van der Waals surface area contributed by atoms with Gasteiger partial charge in [-0.15, -0.1) is 0 Å². The van der Waals surface area contributed by atoms with Gasteiger partial charge in [0.2, 0.25) is 0 Å². The number of hydrogen-bond acceptors (Lipinski definition) is 4. The molecule has 1 N–H and O–H groups in total. The second-order valence-corrected chi connectivity index (χ2v) is 7.23. The van der Waals surface area contributed by atoms with E-state index in [0.717, 1.165) is 28.1 Å². The average Bonchev–Trinajstić information content (AvgIpc) is 2.68. The van der Waals surface area contributed by atoms with Gasteiger partial charge in [0.25, 0.3) is 5.91 Å². The number of hydrogen-bond donors (Lipinski definition) is 1. The SMILES string of the molecule is Cc1cccc(C(C)C)c1NC(=O)[C@H](C)OC(=O)C1=Cc2ccccc2OC1. The Morgan fingerprint density at radius 3 is 2.57 bits per heavy atom. The maximum absolute atomic E-state index is 12.6. The number of ether oxygens (including phenoxy) is 2. The topological polar surface area (TPSA) is 64.6 Å². The molecule has 0 aromatic heterocycles. The molecule has 28 heavy (non-hydrogen) atoms. The number of nitrogens with one attached hydrogen (secondary N) is 1. The third-order valence-corrected chi connectivity index (χ3v) is 4.72. The van der Waals surface area contributed by atoms with Gasteiger partial charge in [0.05, 0.1) is 5.57 Å². The minimum Gasteiger partial charge on any atom is -0.488 e. The minimum atomic E-state index is -0.926. The van der Waals surface area contributed by atoms with Gasteiger partial charge in [-0.05, 0) is 43.0 Å². The average molecular weight is 379 g/mol. The lowest BCUT2D eigenvalue weighted by Crippen LogP contribution is -2.32. The van der Waals surface area contributed by atoms with Crippen LogP contribution in [0.2, 0.25) is 0 Å². The van der Waals surface area contributed by atoms with E-state index < -0.39 is 12.1 Å². The van der Waals surface area contributed by atoms with E-state index in [2.05, 4.69) is 19.2 Å². The highest BCUT2D eigenvalue weighted by molar-refractivity contribution is 6.00. The molecule has 1 amide bonds. The molecule has 1 heterocycles. The van der Waals surface area contributed by atoms with Crippen LogP contribution in [0, 0.1) is 6.92 Å². The summed E-state index contributed by atoms with van der Waals surface area (Å²) in [5.74, 6) is 0.0802. The fourth-order valence-electron chi connectivity index (χ4n) is 3.09. The Morgan fingerprint density at radius 2 is 1.82 bits per heavy atom. The van der Waals surface area contributed by atoms with E-state index in [4.69, 9.17) is 9.47 Å². The first-order chi connectivity index (χ1) is 13.4. The molecule has 0 radical (unpaired) electrons. The molecule has 0 aliphatic carbocycles. The van der Waals surface area contributed by atoms with E-state index in [0.29, 0.717) is 5.57 Å². The van der Waals surface area contributed by atoms with Crippen LogP contribution in [-0.2, 0) is 14.3 Å². The molecule has 5 nitrogen and oxygen atoms in total. The molecular weight excluding hydrogens is 354 g/mol. The van der Waals surface area contributed by atoms with Crippen molar-refractivity contribution in [2.24, 2.45) is 0 Å². The number of carbonyl (C=O) groups excluding carboxylic acids is 2. The van der Waals surface area contributed by atoms with E-state index in [-0.39, 0.29) is 18.4 Å². The van der Waals surface area contributed by atoms with Crippen molar-refractivity contribution in [2.45, 2.75) is 39.7 Å².